The molecule has 0 aliphatic heterocycles. The van der Waals surface area contributed by atoms with Crippen molar-refractivity contribution in [2.75, 3.05) is 6.54 Å². The Morgan fingerprint density at radius 2 is 2.12 bits per heavy atom. The van der Waals surface area contributed by atoms with Crippen LogP contribution in [0, 0.1) is 6.92 Å². The maximum absolute atomic E-state index is 12.2. The molecule has 0 aromatic carbocycles. The molecular weight excluding hydrogens is 235 g/mol. The van der Waals surface area contributed by atoms with E-state index in [-0.39, 0.29) is 12.5 Å². The van der Waals surface area contributed by atoms with Gasteiger partial charge < -0.3 is 5.32 Å². The number of nitrogens with one attached hydrogen (secondary N) is 1. The van der Waals surface area contributed by atoms with Crippen LogP contribution in [0.15, 0.2) is 11.4 Å². The lowest BCUT2D eigenvalue weighted by Crippen LogP contribution is -2.23. The average molecular weight is 251 g/mol. The quantitative estimate of drug-likeness (QED) is 0.832. The molecule has 16 heavy (non-hydrogen) atoms. The Hall–Kier alpha value is -0.550. The summed E-state index contributed by atoms with van der Waals surface area (Å²) in [6.45, 7) is 4.53. The first-order valence-electron chi connectivity index (χ1n) is 5.28. The first kappa shape index (κ1) is 13.5. The molecule has 92 valence electrons. The predicted molar refractivity (Wildman–Crippen MR) is 60.8 cm³/mol. The fourth-order valence-electron chi connectivity index (χ4n) is 1.68. The van der Waals surface area contributed by atoms with Crippen LogP contribution in [0.3, 0.4) is 0 Å². The Morgan fingerprint density at radius 1 is 1.44 bits per heavy atom. The molecule has 0 aliphatic rings. The summed E-state index contributed by atoms with van der Waals surface area (Å²) in [6, 6.07) is 1.72. The van der Waals surface area contributed by atoms with E-state index in [9.17, 15) is 13.2 Å². The number of rotatable bonds is 5. The lowest BCUT2D eigenvalue weighted by atomic mass is 10.0. The molecule has 5 heteroatoms. The molecule has 0 amide bonds. The van der Waals surface area contributed by atoms with Gasteiger partial charge >= 0.3 is 6.18 Å². The van der Waals surface area contributed by atoms with Crippen LogP contribution in [-0.2, 0) is 0 Å². The Bertz CT molecular complexity index is 319. The van der Waals surface area contributed by atoms with Crippen molar-refractivity contribution in [1.29, 1.82) is 0 Å². The van der Waals surface area contributed by atoms with E-state index in [1.165, 1.54) is 0 Å². The van der Waals surface area contributed by atoms with Gasteiger partial charge in [-0.25, -0.2) is 0 Å². The summed E-state index contributed by atoms with van der Waals surface area (Å²) in [4.78, 5) is 1.09. The second-order valence-corrected chi connectivity index (χ2v) is 4.82. The number of hydrogen-bond donors (Lipinski definition) is 1. The third-order valence-corrected chi connectivity index (χ3v) is 3.30. The van der Waals surface area contributed by atoms with Crippen LogP contribution in [0.1, 0.15) is 36.2 Å². The molecule has 0 spiro atoms. The van der Waals surface area contributed by atoms with E-state index in [1.807, 2.05) is 25.3 Å². The van der Waals surface area contributed by atoms with E-state index in [4.69, 9.17) is 0 Å². The molecule has 1 aromatic heterocycles. The molecule has 1 rings (SSSR count). The van der Waals surface area contributed by atoms with Crippen molar-refractivity contribution < 1.29 is 13.2 Å². The Morgan fingerprint density at radius 3 is 2.56 bits per heavy atom. The molecule has 0 saturated heterocycles. The number of thiophene rings is 1. The Labute approximate surface area is 97.7 Å². The van der Waals surface area contributed by atoms with Gasteiger partial charge in [0.05, 0.1) is 0 Å². The number of aryl methyl sites for hydroxylation is 1. The molecular formula is C11H16F3NS. The minimum atomic E-state index is -4.07. The van der Waals surface area contributed by atoms with Crippen molar-refractivity contribution in [3.63, 3.8) is 0 Å². The van der Waals surface area contributed by atoms with Gasteiger partial charge in [-0.15, -0.1) is 11.3 Å². The molecule has 0 radical (unpaired) electrons. The zero-order chi connectivity index (χ0) is 12.2. The van der Waals surface area contributed by atoms with Gasteiger partial charge in [0.2, 0.25) is 0 Å². The molecule has 1 nitrogen and oxygen atoms in total. The number of alkyl halides is 3. The molecule has 1 N–H and O–H groups in total. The topological polar surface area (TPSA) is 12.0 Å². The Kier molecular flexibility index (Phi) is 4.80. The molecule has 1 unspecified atom stereocenters. The van der Waals surface area contributed by atoms with E-state index in [2.05, 4.69) is 5.32 Å². The zero-order valence-corrected chi connectivity index (χ0v) is 10.2. The summed E-state index contributed by atoms with van der Waals surface area (Å²) in [5, 5.41) is 5.02. The van der Waals surface area contributed by atoms with Crippen LogP contribution in [0.25, 0.3) is 0 Å². The fourth-order valence-corrected chi connectivity index (χ4v) is 2.44. The van der Waals surface area contributed by atoms with Crippen molar-refractivity contribution in [3.8, 4) is 0 Å². The smallest absolute Gasteiger partial charge is 0.310 e. The average Bonchev–Trinajstić information content (AvgIpc) is 2.57. The highest BCUT2D eigenvalue weighted by molar-refractivity contribution is 7.10. The van der Waals surface area contributed by atoms with Crippen LogP contribution in [0.2, 0.25) is 0 Å². The van der Waals surface area contributed by atoms with Crippen LogP contribution in [0.5, 0.6) is 0 Å². The largest absolute Gasteiger partial charge is 0.389 e. The second-order valence-electron chi connectivity index (χ2n) is 3.70. The van der Waals surface area contributed by atoms with Gasteiger partial charge in [-0.05, 0) is 36.9 Å². The minimum absolute atomic E-state index is 0.106. The van der Waals surface area contributed by atoms with Gasteiger partial charge in [0.1, 0.15) is 0 Å². The molecule has 1 atom stereocenters. The van der Waals surface area contributed by atoms with Gasteiger partial charge in [-0.3, -0.25) is 0 Å². The molecule has 0 fully saturated rings. The van der Waals surface area contributed by atoms with Crippen LogP contribution in [0.4, 0.5) is 13.2 Å². The summed E-state index contributed by atoms with van der Waals surface area (Å²) in [5.41, 5.74) is 0.996. The van der Waals surface area contributed by atoms with E-state index in [0.717, 1.165) is 10.4 Å². The monoisotopic (exact) mass is 251 g/mol. The summed E-state index contributed by atoms with van der Waals surface area (Å²) in [5.74, 6) is 0. The van der Waals surface area contributed by atoms with Crippen LogP contribution < -0.4 is 5.32 Å². The summed E-state index contributed by atoms with van der Waals surface area (Å²) in [7, 11) is 0. The highest BCUT2D eigenvalue weighted by Crippen LogP contribution is 2.30. The third-order valence-electron chi connectivity index (χ3n) is 2.44. The number of halogens is 3. The molecule has 0 bridgehead atoms. The SMILES string of the molecule is CCNC(CCC(F)(F)F)c1ccsc1C. The van der Waals surface area contributed by atoms with Crippen molar-refractivity contribution in [1.82, 2.24) is 5.32 Å². The third kappa shape index (κ3) is 4.14. The molecule has 1 heterocycles. The molecule has 0 saturated carbocycles. The van der Waals surface area contributed by atoms with E-state index in [1.54, 1.807) is 11.3 Å². The second kappa shape index (κ2) is 5.68. The van der Waals surface area contributed by atoms with Gasteiger partial charge in [-0.1, -0.05) is 6.92 Å². The molecule has 0 aliphatic carbocycles. The van der Waals surface area contributed by atoms with Crippen molar-refractivity contribution >= 4 is 11.3 Å². The summed E-state index contributed by atoms with van der Waals surface area (Å²) >= 11 is 1.57. The zero-order valence-electron chi connectivity index (χ0n) is 9.40. The fraction of sp³-hybridized carbons (Fsp3) is 0.636. The lowest BCUT2D eigenvalue weighted by molar-refractivity contribution is -0.136. The van der Waals surface area contributed by atoms with Crippen molar-refractivity contribution in [3.05, 3.63) is 21.9 Å². The van der Waals surface area contributed by atoms with Gasteiger partial charge in [-0.2, -0.15) is 13.2 Å². The van der Waals surface area contributed by atoms with E-state index < -0.39 is 12.6 Å². The van der Waals surface area contributed by atoms with Gasteiger partial charge in [0.15, 0.2) is 0 Å². The van der Waals surface area contributed by atoms with Crippen molar-refractivity contribution in [2.24, 2.45) is 0 Å². The van der Waals surface area contributed by atoms with E-state index in [0.29, 0.717) is 6.54 Å². The first-order valence-corrected chi connectivity index (χ1v) is 6.16. The number of hydrogen-bond acceptors (Lipinski definition) is 2. The van der Waals surface area contributed by atoms with Crippen LogP contribution >= 0.6 is 11.3 Å². The van der Waals surface area contributed by atoms with E-state index >= 15 is 0 Å². The minimum Gasteiger partial charge on any atom is -0.310 e. The maximum Gasteiger partial charge on any atom is 0.389 e. The van der Waals surface area contributed by atoms with Crippen molar-refractivity contribution in [2.45, 2.75) is 38.9 Å². The lowest BCUT2D eigenvalue weighted by Gasteiger charge is -2.18. The Balaban J connectivity index is 2.65. The van der Waals surface area contributed by atoms with Gasteiger partial charge in [0.25, 0.3) is 0 Å². The first-order chi connectivity index (χ1) is 7.44. The predicted octanol–water partition coefficient (Wildman–Crippen LogP) is 4.05. The summed E-state index contributed by atoms with van der Waals surface area (Å²) in [6.07, 6.45) is -4.70. The van der Waals surface area contributed by atoms with Crippen LogP contribution in [-0.4, -0.2) is 12.7 Å². The summed E-state index contributed by atoms with van der Waals surface area (Å²) < 4.78 is 36.5. The normalized spacial score (nSPS) is 14.1. The highest BCUT2D eigenvalue weighted by atomic mass is 32.1. The van der Waals surface area contributed by atoms with Gasteiger partial charge in [0, 0.05) is 17.3 Å². The highest BCUT2D eigenvalue weighted by Gasteiger charge is 2.28. The standard InChI is InChI=1S/C11H16F3NS/c1-3-15-10(4-6-11(12,13)14)9-5-7-16-8(9)2/h5,7,10,15H,3-4,6H2,1-2H3. The molecule has 1 aromatic rings. The maximum atomic E-state index is 12.2.